The molecule has 1 aromatic carbocycles. The maximum Gasteiger partial charge on any atom is 0.320 e. The van der Waals surface area contributed by atoms with Crippen molar-refractivity contribution in [3.8, 4) is 0 Å². The Labute approximate surface area is 145 Å². The van der Waals surface area contributed by atoms with Crippen molar-refractivity contribution < 1.29 is 29.6 Å². The second kappa shape index (κ2) is 9.47. The van der Waals surface area contributed by atoms with Gasteiger partial charge in [-0.05, 0) is 5.56 Å². The van der Waals surface area contributed by atoms with Gasteiger partial charge in [0.2, 0.25) is 0 Å². The summed E-state index contributed by atoms with van der Waals surface area (Å²) >= 11 is 0. The van der Waals surface area contributed by atoms with Gasteiger partial charge in [-0.25, -0.2) is 0 Å². The molecule has 2 saturated heterocycles. The molecule has 0 saturated carbocycles. The normalized spacial score (nSPS) is 28.2. The number of aliphatic hydroxyl groups is 1. The monoisotopic (exact) mass is 352 g/mol. The second-order valence-corrected chi connectivity index (χ2v) is 6.14. The maximum absolute atomic E-state index is 10.7. The fourth-order valence-corrected chi connectivity index (χ4v) is 2.71. The van der Waals surface area contributed by atoms with Gasteiger partial charge in [-0.15, -0.1) is 0 Å². The van der Waals surface area contributed by atoms with Gasteiger partial charge < -0.3 is 30.7 Å². The number of carboxylic acids is 2. The number of benzene rings is 1. The highest BCUT2D eigenvalue weighted by Gasteiger charge is 2.29. The predicted molar refractivity (Wildman–Crippen MR) is 89.1 cm³/mol. The Hall–Kier alpha value is -2.00. The van der Waals surface area contributed by atoms with Crippen LogP contribution in [0.1, 0.15) is 18.4 Å². The molecule has 2 fully saturated rings. The molecule has 2 unspecified atom stereocenters. The van der Waals surface area contributed by atoms with Crippen molar-refractivity contribution in [3.63, 3.8) is 0 Å². The number of carbonyl (C=O) groups is 2. The number of hydrogen-bond donors (Lipinski definition) is 5. The molecule has 1 aromatic rings. The Kier molecular flexibility index (Phi) is 7.32. The zero-order valence-electron chi connectivity index (χ0n) is 13.8. The van der Waals surface area contributed by atoms with E-state index in [-0.39, 0.29) is 6.10 Å². The molecule has 2 aliphatic heterocycles. The molecule has 25 heavy (non-hydrogen) atoms. The van der Waals surface area contributed by atoms with E-state index in [1.54, 1.807) is 0 Å². The van der Waals surface area contributed by atoms with Crippen LogP contribution in [-0.2, 0) is 20.9 Å². The maximum atomic E-state index is 10.7. The summed E-state index contributed by atoms with van der Waals surface area (Å²) in [5.74, 6) is -1.68. The summed E-state index contributed by atoms with van der Waals surface area (Å²) in [5, 5.41) is 31.6. The number of β-amino-alcohol motifs (C(OH)–C–C–N with tert-alkyl or cyclic N) is 1. The van der Waals surface area contributed by atoms with E-state index in [2.05, 4.69) is 10.6 Å². The van der Waals surface area contributed by atoms with Crippen LogP contribution in [0.5, 0.6) is 0 Å². The van der Waals surface area contributed by atoms with Crippen molar-refractivity contribution in [1.82, 2.24) is 10.6 Å². The van der Waals surface area contributed by atoms with Crippen LogP contribution in [0.15, 0.2) is 30.3 Å². The van der Waals surface area contributed by atoms with Crippen LogP contribution in [0, 0.1) is 0 Å². The van der Waals surface area contributed by atoms with Crippen LogP contribution in [0.4, 0.5) is 0 Å². The van der Waals surface area contributed by atoms with Crippen molar-refractivity contribution in [2.24, 2.45) is 0 Å². The van der Waals surface area contributed by atoms with Crippen LogP contribution in [-0.4, -0.2) is 64.6 Å². The molecule has 2 aliphatic rings. The van der Waals surface area contributed by atoms with E-state index in [0.717, 1.165) is 5.56 Å². The summed E-state index contributed by atoms with van der Waals surface area (Å²) in [6.45, 7) is 1.56. The Balaban J connectivity index is 0.000000212. The average molecular weight is 352 g/mol. The first kappa shape index (κ1) is 19.3. The van der Waals surface area contributed by atoms with Gasteiger partial charge in [-0.3, -0.25) is 9.59 Å². The van der Waals surface area contributed by atoms with Crippen molar-refractivity contribution in [2.75, 3.05) is 13.1 Å². The number of aliphatic hydroxyl groups excluding tert-OH is 1. The van der Waals surface area contributed by atoms with E-state index >= 15 is 0 Å². The van der Waals surface area contributed by atoms with Crippen LogP contribution in [0.3, 0.4) is 0 Å². The lowest BCUT2D eigenvalue weighted by molar-refractivity contribution is -0.140. The van der Waals surface area contributed by atoms with Crippen molar-refractivity contribution in [3.05, 3.63) is 35.9 Å². The fourth-order valence-electron chi connectivity index (χ4n) is 2.71. The summed E-state index contributed by atoms with van der Waals surface area (Å²) in [6, 6.07) is 8.88. The van der Waals surface area contributed by atoms with Crippen LogP contribution in [0.2, 0.25) is 0 Å². The molecule has 0 aromatic heterocycles. The van der Waals surface area contributed by atoms with Gasteiger partial charge in [-0.1, -0.05) is 30.3 Å². The van der Waals surface area contributed by atoms with Gasteiger partial charge >= 0.3 is 11.9 Å². The van der Waals surface area contributed by atoms with E-state index in [0.29, 0.717) is 32.5 Å². The number of nitrogens with one attached hydrogen (secondary N) is 2. The Bertz CT molecular complexity index is 568. The van der Waals surface area contributed by atoms with Crippen LogP contribution < -0.4 is 10.6 Å². The van der Waals surface area contributed by atoms with Gasteiger partial charge in [0.05, 0.1) is 18.8 Å². The van der Waals surface area contributed by atoms with Crippen molar-refractivity contribution in [1.29, 1.82) is 0 Å². The molecule has 8 heteroatoms. The number of aliphatic carboxylic acids is 2. The van der Waals surface area contributed by atoms with Gasteiger partial charge in [0, 0.05) is 25.9 Å². The Morgan fingerprint density at radius 3 is 2.08 bits per heavy atom. The van der Waals surface area contributed by atoms with Gasteiger partial charge in [0.15, 0.2) is 0 Å². The smallest absolute Gasteiger partial charge is 0.320 e. The van der Waals surface area contributed by atoms with Crippen molar-refractivity contribution >= 4 is 11.9 Å². The molecule has 138 valence electrons. The molecule has 8 nitrogen and oxygen atoms in total. The Morgan fingerprint density at radius 2 is 1.60 bits per heavy atom. The number of carboxylic acid groups (broad SMARTS) is 2. The van der Waals surface area contributed by atoms with E-state index in [9.17, 15) is 9.59 Å². The molecule has 3 rings (SSSR count). The zero-order chi connectivity index (χ0) is 18.2. The molecule has 4 atom stereocenters. The van der Waals surface area contributed by atoms with E-state index in [4.69, 9.17) is 20.1 Å². The third-order valence-electron chi connectivity index (χ3n) is 4.12. The first-order valence-corrected chi connectivity index (χ1v) is 8.21. The van der Waals surface area contributed by atoms with Crippen LogP contribution >= 0.6 is 0 Å². The van der Waals surface area contributed by atoms with E-state index < -0.39 is 30.1 Å². The largest absolute Gasteiger partial charge is 0.480 e. The average Bonchev–Trinajstić information content (AvgIpc) is 3.23. The molecule has 0 aliphatic carbocycles. The summed E-state index contributed by atoms with van der Waals surface area (Å²) in [6.07, 6.45) is 0.393. The first-order chi connectivity index (χ1) is 12.0. The Morgan fingerprint density at radius 1 is 1.00 bits per heavy atom. The number of rotatable bonds is 5. The van der Waals surface area contributed by atoms with E-state index in [1.165, 1.54) is 0 Å². The molecule has 5 N–H and O–H groups in total. The first-order valence-electron chi connectivity index (χ1n) is 8.21. The molecule has 0 amide bonds. The minimum atomic E-state index is -0.883. The van der Waals surface area contributed by atoms with E-state index in [1.807, 2.05) is 30.3 Å². The fraction of sp³-hybridized carbons (Fsp3) is 0.529. The summed E-state index contributed by atoms with van der Waals surface area (Å²) in [5.41, 5.74) is 1.11. The quantitative estimate of drug-likeness (QED) is 0.493. The molecule has 0 bridgehead atoms. The van der Waals surface area contributed by atoms with Crippen molar-refractivity contribution in [2.45, 2.75) is 43.7 Å². The minimum Gasteiger partial charge on any atom is -0.480 e. The standard InChI is InChI=1S/C12H15NO3.C5H9NO3/c14-12(15)11-6-10(7-13-11)16-8-9-4-2-1-3-5-9;7-3-1-4(5(8)9)6-2-3/h1-5,10-11,13H,6-8H2,(H,14,15);3-4,6-7H,1-2H2,(H,8,9)/t10?,11-;3?,4-/m00/s1. The lowest BCUT2D eigenvalue weighted by Gasteiger charge is -2.10. The molecule has 0 spiro atoms. The third-order valence-corrected chi connectivity index (χ3v) is 4.12. The predicted octanol–water partition coefficient (Wildman–Crippen LogP) is -0.188. The third kappa shape index (κ3) is 6.43. The zero-order valence-corrected chi connectivity index (χ0v) is 13.8. The molecular weight excluding hydrogens is 328 g/mol. The topological polar surface area (TPSA) is 128 Å². The summed E-state index contributed by atoms with van der Waals surface area (Å²) < 4.78 is 5.64. The summed E-state index contributed by atoms with van der Waals surface area (Å²) in [7, 11) is 0. The minimum absolute atomic E-state index is 0.00121. The van der Waals surface area contributed by atoms with Gasteiger partial charge in [-0.2, -0.15) is 0 Å². The number of hydrogen-bond acceptors (Lipinski definition) is 6. The van der Waals surface area contributed by atoms with Crippen LogP contribution in [0.25, 0.3) is 0 Å². The van der Waals surface area contributed by atoms with Gasteiger partial charge in [0.25, 0.3) is 0 Å². The van der Waals surface area contributed by atoms with Gasteiger partial charge in [0.1, 0.15) is 12.1 Å². The molecular formula is C17H24N2O6. The SMILES string of the molecule is O=C(O)[C@@H]1CC(O)CN1.O=C(O)[C@@H]1CC(OCc2ccccc2)CN1. The highest BCUT2D eigenvalue weighted by molar-refractivity contribution is 5.74. The molecule has 0 radical (unpaired) electrons. The lowest BCUT2D eigenvalue weighted by Crippen LogP contribution is -2.29. The summed E-state index contributed by atoms with van der Waals surface area (Å²) in [4.78, 5) is 20.9. The highest BCUT2D eigenvalue weighted by Crippen LogP contribution is 2.13. The second-order valence-electron chi connectivity index (χ2n) is 6.14. The highest BCUT2D eigenvalue weighted by atomic mass is 16.5. The number of ether oxygens (including phenoxy) is 1. The lowest BCUT2D eigenvalue weighted by atomic mass is 10.2. The molecule has 2 heterocycles.